The molecule has 0 aliphatic rings. The number of hydrogen-bond acceptors (Lipinski definition) is 3. The molecule has 92 valence electrons. The van der Waals surface area contributed by atoms with Gasteiger partial charge in [0.2, 0.25) is 5.78 Å². The van der Waals surface area contributed by atoms with E-state index in [4.69, 9.17) is 9.84 Å². The van der Waals surface area contributed by atoms with Crippen LogP contribution in [0.5, 0.6) is 5.75 Å². The van der Waals surface area contributed by atoms with Gasteiger partial charge >= 0.3 is 5.97 Å². The quantitative estimate of drug-likeness (QED) is 0.769. The lowest BCUT2D eigenvalue weighted by Crippen LogP contribution is -2.16. The summed E-state index contributed by atoms with van der Waals surface area (Å²) in [4.78, 5) is 21.7. The van der Waals surface area contributed by atoms with Crippen LogP contribution in [-0.2, 0) is 9.59 Å². The number of ketones is 1. The van der Waals surface area contributed by atoms with Gasteiger partial charge in [0.25, 0.3) is 0 Å². The Morgan fingerprint density at radius 1 is 1.29 bits per heavy atom. The highest BCUT2D eigenvalue weighted by atomic mass is 16.5. The zero-order valence-electron chi connectivity index (χ0n) is 9.97. The maximum Gasteiger partial charge on any atom is 0.372 e. The molecular formula is C13H16O4. The van der Waals surface area contributed by atoms with Gasteiger partial charge in [0.05, 0.1) is 7.11 Å². The highest BCUT2D eigenvalue weighted by Crippen LogP contribution is 2.25. The van der Waals surface area contributed by atoms with E-state index < -0.39 is 11.8 Å². The second-order valence-electron chi connectivity index (χ2n) is 3.81. The summed E-state index contributed by atoms with van der Waals surface area (Å²) in [5.74, 6) is -1.41. The molecule has 1 aromatic rings. The monoisotopic (exact) mass is 236 g/mol. The van der Waals surface area contributed by atoms with E-state index in [1.807, 2.05) is 31.2 Å². The molecule has 0 spiro atoms. The maximum absolute atomic E-state index is 11.2. The van der Waals surface area contributed by atoms with Crippen LogP contribution in [0, 0.1) is 0 Å². The number of ether oxygens (including phenoxy) is 1. The van der Waals surface area contributed by atoms with Crippen LogP contribution in [0.2, 0.25) is 0 Å². The Bertz CT molecular complexity index is 394. The Balaban J connectivity index is 2.78. The zero-order chi connectivity index (χ0) is 12.8. The van der Waals surface area contributed by atoms with Crippen LogP contribution in [0.25, 0.3) is 0 Å². The number of Topliss-reactive ketones (excluding diaryl/α,β-unsaturated/α-hetero) is 1. The lowest BCUT2D eigenvalue weighted by molar-refractivity contribution is -0.149. The minimum absolute atomic E-state index is 0.0398. The predicted octanol–water partition coefficient (Wildman–Crippen LogP) is 2.23. The number of methoxy groups -OCH3 is 1. The van der Waals surface area contributed by atoms with Gasteiger partial charge in [0, 0.05) is 6.42 Å². The van der Waals surface area contributed by atoms with E-state index in [1.54, 1.807) is 7.11 Å². The Kier molecular flexibility index (Phi) is 4.69. The van der Waals surface area contributed by atoms with Crippen molar-refractivity contribution >= 4 is 11.8 Å². The molecule has 1 atom stereocenters. The number of carboxylic acids is 1. The summed E-state index contributed by atoms with van der Waals surface area (Å²) in [7, 11) is 1.58. The van der Waals surface area contributed by atoms with Gasteiger partial charge in [-0.15, -0.1) is 0 Å². The van der Waals surface area contributed by atoms with Crippen molar-refractivity contribution in [3.63, 3.8) is 0 Å². The Labute approximate surface area is 100 Å². The average Bonchev–Trinajstić information content (AvgIpc) is 2.35. The molecule has 0 heterocycles. The first-order valence-electron chi connectivity index (χ1n) is 5.48. The summed E-state index contributed by atoms with van der Waals surface area (Å²) in [6.45, 7) is 1.93. The molecule has 0 aromatic heterocycles. The van der Waals surface area contributed by atoms with E-state index in [2.05, 4.69) is 0 Å². The van der Waals surface area contributed by atoms with Crippen LogP contribution in [0.3, 0.4) is 0 Å². The number of carboxylic acid groups (broad SMARTS) is 1. The second-order valence-corrected chi connectivity index (χ2v) is 3.81. The van der Waals surface area contributed by atoms with Gasteiger partial charge in [-0.3, -0.25) is 4.79 Å². The fourth-order valence-electron chi connectivity index (χ4n) is 1.69. The average molecular weight is 236 g/mol. The number of carbonyl (C=O) groups excluding carboxylic acids is 1. The molecule has 0 radical (unpaired) electrons. The molecule has 0 fully saturated rings. The van der Waals surface area contributed by atoms with Gasteiger partial charge in [0.1, 0.15) is 5.75 Å². The molecule has 1 unspecified atom stereocenters. The third-order valence-electron chi connectivity index (χ3n) is 2.75. The minimum atomic E-state index is -1.36. The Morgan fingerprint density at radius 2 is 1.88 bits per heavy atom. The molecule has 4 heteroatoms. The third kappa shape index (κ3) is 3.59. The standard InChI is InChI=1S/C13H16O4/c1-3-9(8-12(14)13(15)16)10-4-6-11(17-2)7-5-10/h4-7,9H,3,8H2,1-2H3,(H,15,16). The first-order chi connectivity index (χ1) is 8.08. The van der Waals surface area contributed by atoms with Gasteiger partial charge in [-0.05, 0) is 30.0 Å². The normalized spacial score (nSPS) is 11.9. The molecular weight excluding hydrogens is 220 g/mol. The summed E-state index contributed by atoms with van der Waals surface area (Å²) in [6.07, 6.45) is 0.767. The highest BCUT2D eigenvalue weighted by molar-refractivity contribution is 6.32. The molecule has 0 saturated heterocycles. The maximum atomic E-state index is 11.2. The van der Waals surface area contributed by atoms with Crippen LogP contribution in [0.4, 0.5) is 0 Å². The van der Waals surface area contributed by atoms with Crippen molar-refractivity contribution in [3.05, 3.63) is 29.8 Å². The highest BCUT2D eigenvalue weighted by Gasteiger charge is 2.19. The Morgan fingerprint density at radius 3 is 2.29 bits per heavy atom. The van der Waals surface area contributed by atoms with E-state index in [-0.39, 0.29) is 12.3 Å². The van der Waals surface area contributed by atoms with Crippen molar-refractivity contribution in [2.24, 2.45) is 0 Å². The van der Waals surface area contributed by atoms with Crippen molar-refractivity contribution in [2.45, 2.75) is 25.7 Å². The molecule has 0 amide bonds. The van der Waals surface area contributed by atoms with Crippen molar-refractivity contribution in [1.29, 1.82) is 0 Å². The molecule has 1 rings (SSSR count). The topological polar surface area (TPSA) is 63.6 Å². The number of aliphatic carboxylic acids is 1. The summed E-state index contributed by atoms with van der Waals surface area (Å²) in [6, 6.07) is 7.34. The predicted molar refractivity (Wildman–Crippen MR) is 63.3 cm³/mol. The molecule has 4 nitrogen and oxygen atoms in total. The number of carbonyl (C=O) groups is 2. The van der Waals surface area contributed by atoms with E-state index >= 15 is 0 Å². The lowest BCUT2D eigenvalue weighted by atomic mass is 9.91. The fourth-order valence-corrected chi connectivity index (χ4v) is 1.69. The van der Waals surface area contributed by atoms with E-state index in [0.29, 0.717) is 0 Å². The molecule has 1 N–H and O–H groups in total. The molecule has 0 aliphatic carbocycles. The van der Waals surface area contributed by atoms with Gasteiger partial charge in [-0.2, -0.15) is 0 Å². The number of hydrogen-bond donors (Lipinski definition) is 1. The van der Waals surface area contributed by atoms with Crippen LogP contribution in [-0.4, -0.2) is 24.0 Å². The molecule has 0 aliphatic heterocycles. The van der Waals surface area contributed by atoms with Crippen LogP contribution >= 0.6 is 0 Å². The van der Waals surface area contributed by atoms with E-state index in [0.717, 1.165) is 17.7 Å². The van der Waals surface area contributed by atoms with Crippen molar-refractivity contribution in [1.82, 2.24) is 0 Å². The van der Waals surface area contributed by atoms with Crippen molar-refractivity contribution in [3.8, 4) is 5.75 Å². The van der Waals surface area contributed by atoms with Crippen LogP contribution < -0.4 is 4.74 Å². The first-order valence-corrected chi connectivity index (χ1v) is 5.48. The summed E-state index contributed by atoms with van der Waals surface area (Å²) >= 11 is 0. The lowest BCUT2D eigenvalue weighted by Gasteiger charge is -2.13. The SMILES string of the molecule is CCC(CC(=O)C(=O)O)c1ccc(OC)cc1. The number of benzene rings is 1. The van der Waals surface area contributed by atoms with Crippen LogP contribution in [0.15, 0.2) is 24.3 Å². The van der Waals surface area contributed by atoms with Crippen LogP contribution in [0.1, 0.15) is 31.2 Å². The summed E-state index contributed by atoms with van der Waals surface area (Å²) in [5, 5.41) is 8.59. The van der Waals surface area contributed by atoms with Gasteiger partial charge in [-0.25, -0.2) is 4.79 Å². The fraction of sp³-hybridized carbons (Fsp3) is 0.385. The van der Waals surface area contributed by atoms with Gasteiger partial charge in [-0.1, -0.05) is 19.1 Å². The summed E-state index contributed by atoms with van der Waals surface area (Å²) < 4.78 is 5.04. The first kappa shape index (κ1) is 13.2. The summed E-state index contributed by atoms with van der Waals surface area (Å²) in [5.41, 5.74) is 0.961. The molecule has 17 heavy (non-hydrogen) atoms. The minimum Gasteiger partial charge on any atom is -0.497 e. The van der Waals surface area contributed by atoms with E-state index in [1.165, 1.54) is 0 Å². The largest absolute Gasteiger partial charge is 0.497 e. The van der Waals surface area contributed by atoms with E-state index in [9.17, 15) is 9.59 Å². The zero-order valence-corrected chi connectivity index (χ0v) is 9.97. The van der Waals surface area contributed by atoms with Gasteiger partial charge in [0.15, 0.2) is 0 Å². The van der Waals surface area contributed by atoms with Crippen molar-refractivity contribution in [2.75, 3.05) is 7.11 Å². The molecule has 0 saturated carbocycles. The third-order valence-corrected chi connectivity index (χ3v) is 2.75. The number of rotatable bonds is 6. The Hall–Kier alpha value is -1.84. The molecule has 0 bridgehead atoms. The smallest absolute Gasteiger partial charge is 0.372 e. The molecule has 1 aromatic carbocycles. The van der Waals surface area contributed by atoms with Crippen molar-refractivity contribution < 1.29 is 19.4 Å². The second kappa shape index (κ2) is 6.03. The van der Waals surface area contributed by atoms with Gasteiger partial charge < -0.3 is 9.84 Å².